The molecule has 0 N–H and O–H groups in total. The van der Waals surface area contributed by atoms with Crippen LogP contribution in [-0.2, 0) is 8.85 Å². The molecule has 0 amide bonds. The first kappa shape index (κ1) is 27.0. The predicted molar refractivity (Wildman–Crippen MR) is 121 cm³/mol. The maximum atomic E-state index is 5.78. The fourth-order valence-electron chi connectivity index (χ4n) is 3.78. The highest BCUT2D eigenvalue weighted by atomic mass is 28.4. The molecule has 0 saturated carbocycles. The fraction of sp³-hybridized carbons (Fsp3) is 1.00. The highest BCUT2D eigenvalue weighted by Gasteiger charge is 2.32. The van der Waals surface area contributed by atoms with Crippen LogP contribution in [0.3, 0.4) is 0 Å². The molecule has 0 saturated heterocycles. The van der Waals surface area contributed by atoms with Gasteiger partial charge in [0, 0.05) is 14.2 Å². The number of rotatable bonds is 19. The minimum atomic E-state index is -1.95. The molecule has 27 heavy (non-hydrogen) atoms. The molecule has 6 heteroatoms. The molecule has 0 rings (SSSR count). The van der Waals surface area contributed by atoms with Crippen molar-refractivity contribution >= 4 is 8.56 Å². The van der Waals surface area contributed by atoms with Crippen LogP contribution in [0.15, 0.2) is 0 Å². The molecule has 0 unspecified atom stereocenters. The van der Waals surface area contributed by atoms with Gasteiger partial charge >= 0.3 is 8.56 Å². The van der Waals surface area contributed by atoms with Crippen molar-refractivity contribution in [2.75, 3.05) is 74.1 Å². The maximum Gasteiger partial charge on any atom is 0.337 e. The van der Waals surface area contributed by atoms with Gasteiger partial charge in [-0.25, -0.2) is 0 Å². The molecular formula is C21H49N3O2Si. The first-order valence-corrected chi connectivity index (χ1v) is 13.4. The average molecular weight is 404 g/mol. The summed E-state index contributed by atoms with van der Waals surface area (Å²) in [5, 5.41) is 0. The third-order valence-corrected chi connectivity index (χ3v) is 9.23. The summed E-state index contributed by atoms with van der Waals surface area (Å²) in [6.45, 7) is 15.1. The van der Waals surface area contributed by atoms with Crippen LogP contribution < -0.4 is 0 Å². The summed E-state index contributed by atoms with van der Waals surface area (Å²) in [5.41, 5.74) is 0. The minimum absolute atomic E-state index is 1.03. The lowest BCUT2D eigenvalue weighted by molar-refractivity contribution is 0.217. The number of hydrogen-bond donors (Lipinski definition) is 0. The monoisotopic (exact) mass is 403 g/mol. The normalized spacial score (nSPS) is 12.7. The first-order chi connectivity index (χ1) is 13.0. The minimum Gasteiger partial charge on any atom is -0.398 e. The molecule has 0 heterocycles. The SMILES string of the molecule is CCCN(C)CCCN(CCCN(C)CCC)CCC[Si](CC)(OC)OC. The molecule has 0 aliphatic heterocycles. The van der Waals surface area contributed by atoms with Gasteiger partial charge in [0.1, 0.15) is 0 Å². The van der Waals surface area contributed by atoms with E-state index in [1.807, 2.05) is 14.2 Å². The standard InChI is InChI=1S/C21H49N3O2Si/c1-8-14-22(4)16-11-18-24(19-12-17-23(5)15-9-2)20-13-21-27(10-3,25-6)26-7/h8-21H2,1-7H3. The molecule has 0 aliphatic rings. The maximum absolute atomic E-state index is 5.78. The van der Waals surface area contributed by atoms with E-state index in [1.54, 1.807) is 0 Å². The van der Waals surface area contributed by atoms with Gasteiger partial charge in [0.2, 0.25) is 0 Å². The summed E-state index contributed by atoms with van der Waals surface area (Å²) in [7, 11) is 6.18. The zero-order valence-electron chi connectivity index (χ0n) is 19.6. The third kappa shape index (κ3) is 13.0. The van der Waals surface area contributed by atoms with Crippen LogP contribution >= 0.6 is 0 Å². The summed E-state index contributed by atoms with van der Waals surface area (Å²) in [5.74, 6) is 0. The second kappa shape index (κ2) is 16.9. The molecular weight excluding hydrogens is 354 g/mol. The van der Waals surface area contributed by atoms with Gasteiger partial charge in [-0.15, -0.1) is 0 Å². The van der Waals surface area contributed by atoms with Crippen LogP contribution in [0.4, 0.5) is 0 Å². The van der Waals surface area contributed by atoms with Gasteiger partial charge in [-0.1, -0.05) is 20.8 Å². The third-order valence-electron chi connectivity index (χ3n) is 5.55. The molecule has 0 bridgehead atoms. The zero-order valence-corrected chi connectivity index (χ0v) is 20.6. The molecule has 0 spiro atoms. The predicted octanol–water partition coefficient (Wildman–Crippen LogP) is 3.90. The molecule has 0 atom stereocenters. The van der Waals surface area contributed by atoms with Crippen LogP contribution in [0.25, 0.3) is 0 Å². The van der Waals surface area contributed by atoms with Crippen molar-refractivity contribution in [3.05, 3.63) is 0 Å². The zero-order chi connectivity index (χ0) is 20.5. The van der Waals surface area contributed by atoms with E-state index >= 15 is 0 Å². The van der Waals surface area contributed by atoms with E-state index in [9.17, 15) is 0 Å². The van der Waals surface area contributed by atoms with Crippen molar-refractivity contribution in [1.29, 1.82) is 0 Å². The molecule has 5 nitrogen and oxygen atoms in total. The van der Waals surface area contributed by atoms with E-state index in [0.29, 0.717) is 0 Å². The van der Waals surface area contributed by atoms with Crippen LogP contribution in [0.2, 0.25) is 12.1 Å². The Morgan fingerprint density at radius 2 is 1.07 bits per heavy atom. The Hall–Kier alpha value is 0.0169. The lowest BCUT2D eigenvalue weighted by Crippen LogP contribution is -2.40. The molecule has 0 aliphatic carbocycles. The molecule has 0 radical (unpaired) electrons. The second-order valence-electron chi connectivity index (χ2n) is 7.93. The summed E-state index contributed by atoms with van der Waals surface area (Å²) in [6, 6.07) is 2.13. The molecule has 0 aromatic carbocycles. The lowest BCUT2D eigenvalue weighted by atomic mass is 10.2. The van der Waals surface area contributed by atoms with Crippen molar-refractivity contribution in [2.45, 2.75) is 65.0 Å². The Labute approximate surface area is 171 Å². The lowest BCUT2D eigenvalue weighted by Gasteiger charge is -2.29. The van der Waals surface area contributed by atoms with Crippen molar-refractivity contribution < 1.29 is 8.85 Å². The van der Waals surface area contributed by atoms with Gasteiger partial charge in [0.25, 0.3) is 0 Å². The van der Waals surface area contributed by atoms with Crippen LogP contribution in [-0.4, -0.2) is 97.4 Å². The van der Waals surface area contributed by atoms with Crippen molar-refractivity contribution in [2.24, 2.45) is 0 Å². The Bertz CT molecular complexity index is 304. The average Bonchev–Trinajstić information content (AvgIpc) is 2.65. The highest BCUT2D eigenvalue weighted by molar-refractivity contribution is 6.67. The van der Waals surface area contributed by atoms with Crippen LogP contribution in [0, 0.1) is 0 Å². The van der Waals surface area contributed by atoms with E-state index in [-0.39, 0.29) is 0 Å². The fourth-order valence-corrected chi connectivity index (χ4v) is 5.98. The summed E-state index contributed by atoms with van der Waals surface area (Å²) < 4.78 is 11.6. The molecule has 164 valence electrons. The van der Waals surface area contributed by atoms with Crippen molar-refractivity contribution in [3.63, 3.8) is 0 Å². The smallest absolute Gasteiger partial charge is 0.337 e. The van der Waals surface area contributed by atoms with Gasteiger partial charge in [-0.3, -0.25) is 0 Å². The van der Waals surface area contributed by atoms with Crippen LogP contribution in [0.5, 0.6) is 0 Å². The second-order valence-corrected chi connectivity index (χ2v) is 11.8. The van der Waals surface area contributed by atoms with E-state index in [1.165, 1.54) is 71.4 Å². The number of hydrogen-bond acceptors (Lipinski definition) is 5. The summed E-state index contributed by atoms with van der Waals surface area (Å²) in [6.07, 6.45) is 6.17. The van der Waals surface area contributed by atoms with Gasteiger partial charge in [-0.05, 0) is 104 Å². The molecule has 0 aromatic rings. The summed E-state index contributed by atoms with van der Waals surface area (Å²) in [4.78, 5) is 7.58. The van der Waals surface area contributed by atoms with Gasteiger partial charge in [0.15, 0.2) is 0 Å². The largest absolute Gasteiger partial charge is 0.398 e. The van der Waals surface area contributed by atoms with Crippen molar-refractivity contribution in [3.8, 4) is 0 Å². The van der Waals surface area contributed by atoms with E-state index < -0.39 is 8.56 Å². The van der Waals surface area contributed by atoms with Gasteiger partial charge in [0.05, 0.1) is 0 Å². The Morgan fingerprint density at radius 3 is 1.44 bits per heavy atom. The first-order valence-electron chi connectivity index (χ1n) is 11.2. The van der Waals surface area contributed by atoms with Gasteiger partial charge < -0.3 is 23.6 Å². The number of nitrogens with zero attached hydrogens (tertiary/aromatic N) is 3. The van der Waals surface area contributed by atoms with Crippen molar-refractivity contribution in [1.82, 2.24) is 14.7 Å². The molecule has 0 fully saturated rings. The summed E-state index contributed by atoms with van der Waals surface area (Å²) >= 11 is 0. The van der Waals surface area contributed by atoms with E-state index in [0.717, 1.165) is 18.6 Å². The highest BCUT2D eigenvalue weighted by Crippen LogP contribution is 2.19. The quantitative estimate of drug-likeness (QED) is 0.305. The van der Waals surface area contributed by atoms with E-state index in [2.05, 4.69) is 49.6 Å². The van der Waals surface area contributed by atoms with Gasteiger partial charge in [-0.2, -0.15) is 0 Å². The Kier molecular flexibility index (Phi) is 16.9. The topological polar surface area (TPSA) is 28.2 Å². The Morgan fingerprint density at radius 1 is 0.630 bits per heavy atom. The van der Waals surface area contributed by atoms with Crippen LogP contribution in [0.1, 0.15) is 52.9 Å². The van der Waals surface area contributed by atoms with E-state index in [4.69, 9.17) is 8.85 Å². The molecule has 0 aromatic heterocycles. The Balaban J connectivity index is 4.40.